The van der Waals surface area contributed by atoms with Crippen molar-refractivity contribution in [1.82, 2.24) is 9.97 Å². The van der Waals surface area contributed by atoms with E-state index in [0.717, 1.165) is 18.1 Å². The molecule has 1 heterocycles. The molecule has 0 spiro atoms. The largest absolute Gasteiger partial charge is 0.370 e. The Labute approximate surface area is 94.8 Å². The fourth-order valence-electron chi connectivity index (χ4n) is 1.35. The molecule has 4 nitrogen and oxygen atoms in total. The number of hydrogen-bond acceptors (Lipinski definition) is 4. The second-order valence-corrected chi connectivity index (χ2v) is 3.29. The lowest BCUT2D eigenvalue weighted by Crippen LogP contribution is -2.02. The zero-order valence-electron chi connectivity index (χ0n) is 9.14. The van der Waals surface area contributed by atoms with E-state index in [9.17, 15) is 0 Å². The van der Waals surface area contributed by atoms with Gasteiger partial charge in [-0.25, -0.2) is 4.98 Å². The molecule has 0 fully saturated rings. The van der Waals surface area contributed by atoms with Gasteiger partial charge in [-0.1, -0.05) is 18.2 Å². The van der Waals surface area contributed by atoms with E-state index in [-0.39, 0.29) is 0 Å². The fraction of sp³-hybridized carbons (Fsp3) is 0.167. The van der Waals surface area contributed by atoms with E-state index in [4.69, 9.17) is 0 Å². The summed E-state index contributed by atoms with van der Waals surface area (Å²) in [6.45, 7) is 2.88. The number of nitrogens with one attached hydrogen (secondary N) is 2. The van der Waals surface area contributed by atoms with E-state index < -0.39 is 0 Å². The predicted octanol–water partition coefficient (Wildman–Crippen LogP) is 2.65. The smallest absolute Gasteiger partial charge is 0.229 e. The summed E-state index contributed by atoms with van der Waals surface area (Å²) < 4.78 is 0. The lowest BCUT2D eigenvalue weighted by Gasteiger charge is -2.06. The first kappa shape index (κ1) is 10.4. The highest BCUT2D eigenvalue weighted by molar-refractivity contribution is 5.54. The zero-order chi connectivity index (χ0) is 11.2. The number of hydrogen-bond donors (Lipinski definition) is 2. The lowest BCUT2D eigenvalue weighted by atomic mass is 10.3. The van der Waals surface area contributed by atoms with Crippen molar-refractivity contribution < 1.29 is 0 Å². The summed E-state index contributed by atoms with van der Waals surface area (Å²) in [7, 11) is 0. The van der Waals surface area contributed by atoms with E-state index in [0.29, 0.717) is 5.95 Å². The van der Waals surface area contributed by atoms with Gasteiger partial charge in [-0.05, 0) is 25.1 Å². The van der Waals surface area contributed by atoms with Gasteiger partial charge in [0.25, 0.3) is 0 Å². The zero-order valence-corrected chi connectivity index (χ0v) is 9.14. The molecule has 1 aromatic carbocycles. The maximum absolute atomic E-state index is 4.32. The molecule has 16 heavy (non-hydrogen) atoms. The average molecular weight is 214 g/mol. The van der Waals surface area contributed by atoms with E-state index in [1.165, 1.54) is 0 Å². The molecule has 0 atom stereocenters. The monoisotopic (exact) mass is 214 g/mol. The van der Waals surface area contributed by atoms with Gasteiger partial charge in [0.15, 0.2) is 0 Å². The molecule has 4 heteroatoms. The van der Waals surface area contributed by atoms with Crippen LogP contribution in [0.15, 0.2) is 42.6 Å². The number of aromatic nitrogens is 2. The minimum Gasteiger partial charge on any atom is -0.370 e. The van der Waals surface area contributed by atoms with Crippen LogP contribution in [0, 0.1) is 0 Å². The van der Waals surface area contributed by atoms with E-state index in [1.807, 2.05) is 43.3 Å². The molecule has 0 bridgehead atoms. The molecule has 0 saturated heterocycles. The molecule has 0 aliphatic heterocycles. The normalized spacial score (nSPS) is 9.81. The number of nitrogens with zero attached hydrogens (tertiary/aromatic N) is 2. The van der Waals surface area contributed by atoms with Crippen LogP contribution < -0.4 is 10.6 Å². The van der Waals surface area contributed by atoms with Gasteiger partial charge in [0.1, 0.15) is 5.82 Å². The molecule has 0 amide bonds. The number of rotatable bonds is 4. The Morgan fingerprint density at radius 1 is 1.12 bits per heavy atom. The second-order valence-electron chi connectivity index (χ2n) is 3.29. The van der Waals surface area contributed by atoms with Crippen LogP contribution in [-0.2, 0) is 0 Å². The van der Waals surface area contributed by atoms with E-state index >= 15 is 0 Å². The standard InChI is InChI=1S/C12H14N4/c1-2-13-11-8-9-14-12(16-11)15-10-6-4-3-5-7-10/h3-9H,2H2,1H3,(H2,13,14,15,16). The van der Waals surface area contributed by atoms with Crippen molar-refractivity contribution in [2.45, 2.75) is 6.92 Å². The Morgan fingerprint density at radius 3 is 2.69 bits per heavy atom. The van der Waals surface area contributed by atoms with Crippen LogP contribution in [0.1, 0.15) is 6.92 Å². The fourth-order valence-corrected chi connectivity index (χ4v) is 1.35. The molecule has 0 saturated carbocycles. The summed E-state index contributed by atoms with van der Waals surface area (Å²) >= 11 is 0. The quantitative estimate of drug-likeness (QED) is 0.821. The van der Waals surface area contributed by atoms with Crippen LogP contribution in [-0.4, -0.2) is 16.5 Å². The third-order valence-electron chi connectivity index (χ3n) is 2.04. The predicted molar refractivity (Wildman–Crippen MR) is 65.9 cm³/mol. The Balaban J connectivity index is 2.12. The molecular formula is C12H14N4. The summed E-state index contributed by atoms with van der Waals surface area (Å²) in [5.41, 5.74) is 0.983. The van der Waals surface area contributed by atoms with Crippen molar-refractivity contribution in [3.8, 4) is 0 Å². The van der Waals surface area contributed by atoms with E-state index in [1.54, 1.807) is 6.20 Å². The molecule has 0 aliphatic carbocycles. The number of para-hydroxylation sites is 1. The summed E-state index contributed by atoms with van der Waals surface area (Å²) in [6, 6.07) is 11.7. The highest BCUT2D eigenvalue weighted by atomic mass is 15.1. The maximum Gasteiger partial charge on any atom is 0.229 e. The van der Waals surface area contributed by atoms with Gasteiger partial charge >= 0.3 is 0 Å². The Hall–Kier alpha value is -2.10. The first-order valence-corrected chi connectivity index (χ1v) is 5.27. The molecule has 0 aliphatic rings. The molecule has 0 radical (unpaired) electrons. The number of benzene rings is 1. The number of anilines is 3. The Bertz CT molecular complexity index is 442. The lowest BCUT2D eigenvalue weighted by molar-refractivity contribution is 1.11. The molecule has 2 rings (SSSR count). The topological polar surface area (TPSA) is 49.8 Å². The highest BCUT2D eigenvalue weighted by Crippen LogP contribution is 2.12. The van der Waals surface area contributed by atoms with Crippen LogP contribution >= 0.6 is 0 Å². The van der Waals surface area contributed by atoms with Crippen LogP contribution in [0.5, 0.6) is 0 Å². The van der Waals surface area contributed by atoms with Crippen molar-refractivity contribution in [1.29, 1.82) is 0 Å². The van der Waals surface area contributed by atoms with E-state index in [2.05, 4.69) is 20.6 Å². The first-order valence-electron chi connectivity index (χ1n) is 5.27. The summed E-state index contributed by atoms with van der Waals surface area (Å²) in [6.07, 6.45) is 1.73. The minimum absolute atomic E-state index is 0.602. The van der Waals surface area contributed by atoms with Crippen molar-refractivity contribution in [3.63, 3.8) is 0 Å². The van der Waals surface area contributed by atoms with Crippen molar-refractivity contribution in [2.75, 3.05) is 17.2 Å². The average Bonchev–Trinajstić information content (AvgIpc) is 2.31. The van der Waals surface area contributed by atoms with Crippen LogP contribution in [0.4, 0.5) is 17.5 Å². The minimum atomic E-state index is 0.602. The van der Waals surface area contributed by atoms with Crippen molar-refractivity contribution >= 4 is 17.5 Å². The first-order chi connectivity index (χ1) is 7.88. The maximum atomic E-state index is 4.32. The Morgan fingerprint density at radius 2 is 1.94 bits per heavy atom. The van der Waals surface area contributed by atoms with Crippen molar-refractivity contribution in [2.24, 2.45) is 0 Å². The summed E-state index contributed by atoms with van der Waals surface area (Å²) in [5, 5.41) is 6.28. The van der Waals surface area contributed by atoms with Gasteiger partial charge in [-0.2, -0.15) is 4.98 Å². The molecular weight excluding hydrogens is 200 g/mol. The third kappa shape index (κ3) is 2.70. The van der Waals surface area contributed by atoms with Crippen LogP contribution in [0.2, 0.25) is 0 Å². The van der Waals surface area contributed by atoms with Gasteiger partial charge in [0, 0.05) is 18.4 Å². The molecule has 2 aromatic rings. The van der Waals surface area contributed by atoms with Gasteiger partial charge in [0.05, 0.1) is 0 Å². The summed E-state index contributed by atoms with van der Waals surface area (Å²) in [4.78, 5) is 8.48. The second kappa shape index (κ2) is 5.11. The molecule has 2 N–H and O–H groups in total. The molecule has 82 valence electrons. The third-order valence-corrected chi connectivity index (χ3v) is 2.04. The van der Waals surface area contributed by atoms with Gasteiger partial charge in [-0.15, -0.1) is 0 Å². The van der Waals surface area contributed by atoms with Crippen LogP contribution in [0.3, 0.4) is 0 Å². The Kier molecular flexibility index (Phi) is 3.33. The highest BCUT2D eigenvalue weighted by Gasteiger charge is 1.98. The summed E-state index contributed by atoms with van der Waals surface area (Å²) in [5.74, 6) is 1.43. The van der Waals surface area contributed by atoms with Crippen molar-refractivity contribution in [3.05, 3.63) is 42.6 Å². The van der Waals surface area contributed by atoms with Gasteiger partial charge in [-0.3, -0.25) is 0 Å². The van der Waals surface area contributed by atoms with Gasteiger partial charge in [0.2, 0.25) is 5.95 Å². The SMILES string of the molecule is CCNc1ccnc(Nc2ccccc2)n1. The van der Waals surface area contributed by atoms with Crippen LogP contribution in [0.25, 0.3) is 0 Å². The molecule has 0 unspecified atom stereocenters. The molecule has 1 aromatic heterocycles. The van der Waals surface area contributed by atoms with Gasteiger partial charge < -0.3 is 10.6 Å².